The van der Waals surface area contributed by atoms with Crippen LogP contribution in [0.4, 0.5) is 0 Å². The van der Waals surface area contributed by atoms with E-state index in [1.54, 1.807) is 7.11 Å². The minimum absolute atomic E-state index is 0.0554. The monoisotopic (exact) mass is 244 g/mol. The van der Waals surface area contributed by atoms with Gasteiger partial charge in [0, 0.05) is 32.2 Å². The zero-order valence-electron chi connectivity index (χ0n) is 12.1. The Morgan fingerprint density at radius 2 is 1.82 bits per heavy atom. The van der Waals surface area contributed by atoms with Crippen molar-refractivity contribution < 1.29 is 9.53 Å². The average Bonchev–Trinajstić information content (AvgIpc) is 2.23. The van der Waals surface area contributed by atoms with Crippen molar-refractivity contribution in [3.05, 3.63) is 0 Å². The molecule has 17 heavy (non-hydrogen) atoms. The summed E-state index contributed by atoms with van der Waals surface area (Å²) in [7, 11) is 1.73. The lowest BCUT2D eigenvalue weighted by molar-refractivity contribution is -0.123. The van der Waals surface area contributed by atoms with Gasteiger partial charge in [-0.05, 0) is 27.2 Å². The predicted octanol–water partition coefficient (Wildman–Crippen LogP) is 1.55. The first-order valence-corrected chi connectivity index (χ1v) is 6.34. The lowest BCUT2D eigenvalue weighted by atomic mass is 10.00. The van der Waals surface area contributed by atoms with Crippen molar-refractivity contribution >= 4 is 5.91 Å². The highest BCUT2D eigenvalue weighted by Crippen LogP contribution is 2.14. The summed E-state index contributed by atoms with van der Waals surface area (Å²) >= 11 is 0. The SMILES string of the molecule is COC(C)(C)CC(C)NCCNC(=O)C(C)C. The van der Waals surface area contributed by atoms with Crippen molar-refractivity contribution in [1.29, 1.82) is 0 Å². The number of carbonyl (C=O) groups is 1. The maximum Gasteiger partial charge on any atom is 0.222 e. The van der Waals surface area contributed by atoms with E-state index in [-0.39, 0.29) is 17.4 Å². The molecule has 102 valence electrons. The van der Waals surface area contributed by atoms with Gasteiger partial charge in [-0.3, -0.25) is 4.79 Å². The van der Waals surface area contributed by atoms with Gasteiger partial charge in [-0.25, -0.2) is 0 Å². The fourth-order valence-electron chi connectivity index (χ4n) is 1.60. The molecule has 4 nitrogen and oxygen atoms in total. The fourth-order valence-corrected chi connectivity index (χ4v) is 1.60. The number of amides is 1. The molecular formula is C13H28N2O2. The van der Waals surface area contributed by atoms with Crippen LogP contribution < -0.4 is 10.6 Å². The van der Waals surface area contributed by atoms with Crippen LogP contribution in [0.2, 0.25) is 0 Å². The molecule has 1 atom stereocenters. The van der Waals surface area contributed by atoms with E-state index in [0.717, 1.165) is 13.0 Å². The molecule has 1 unspecified atom stereocenters. The molecule has 2 N–H and O–H groups in total. The number of methoxy groups -OCH3 is 1. The molecule has 0 rings (SSSR count). The molecule has 0 saturated heterocycles. The van der Waals surface area contributed by atoms with Crippen molar-refractivity contribution in [1.82, 2.24) is 10.6 Å². The van der Waals surface area contributed by atoms with Gasteiger partial charge in [0.25, 0.3) is 0 Å². The van der Waals surface area contributed by atoms with Gasteiger partial charge in [0.05, 0.1) is 5.60 Å². The first kappa shape index (κ1) is 16.4. The Hall–Kier alpha value is -0.610. The number of hydrogen-bond acceptors (Lipinski definition) is 3. The lowest BCUT2D eigenvalue weighted by Gasteiger charge is -2.27. The Labute approximate surface area is 105 Å². The quantitative estimate of drug-likeness (QED) is 0.637. The van der Waals surface area contributed by atoms with E-state index in [9.17, 15) is 4.79 Å². The highest BCUT2D eigenvalue weighted by atomic mass is 16.5. The van der Waals surface area contributed by atoms with Crippen LogP contribution in [0.5, 0.6) is 0 Å². The molecule has 0 spiro atoms. The summed E-state index contributed by atoms with van der Waals surface area (Å²) in [6.45, 7) is 11.5. The zero-order valence-corrected chi connectivity index (χ0v) is 12.1. The van der Waals surface area contributed by atoms with Gasteiger partial charge in [-0.1, -0.05) is 13.8 Å². The molecular weight excluding hydrogens is 216 g/mol. The molecule has 0 aromatic carbocycles. The summed E-state index contributed by atoms with van der Waals surface area (Å²) < 4.78 is 5.37. The third-order valence-corrected chi connectivity index (χ3v) is 2.79. The van der Waals surface area contributed by atoms with Crippen molar-refractivity contribution in [2.45, 2.75) is 52.7 Å². The third-order valence-electron chi connectivity index (χ3n) is 2.79. The van der Waals surface area contributed by atoms with Gasteiger partial charge in [-0.15, -0.1) is 0 Å². The number of rotatable bonds is 8. The smallest absolute Gasteiger partial charge is 0.222 e. The summed E-state index contributed by atoms with van der Waals surface area (Å²) in [4.78, 5) is 11.3. The van der Waals surface area contributed by atoms with E-state index in [0.29, 0.717) is 12.6 Å². The second-order valence-corrected chi connectivity index (χ2v) is 5.47. The minimum atomic E-state index is -0.104. The van der Waals surface area contributed by atoms with E-state index in [4.69, 9.17) is 4.74 Å². The largest absolute Gasteiger partial charge is 0.379 e. The number of hydrogen-bond donors (Lipinski definition) is 2. The van der Waals surface area contributed by atoms with Crippen LogP contribution in [-0.4, -0.2) is 37.7 Å². The van der Waals surface area contributed by atoms with E-state index in [1.807, 2.05) is 13.8 Å². The number of carbonyl (C=O) groups excluding carboxylic acids is 1. The Morgan fingerprint density at radius 1 is 1.24 bits per heavy atom. The molecule has 0 bridgehead atoms. The van der Waals surface area contributed by atoms with Gasteiger partial charge < -0.3 is 15.4 Å². The average molecular weight is 244 g/mol. The van der Waals surface area contributed by atoms with Crippen molar-refractivity contribution in [2.24, 2.45) is 5.92 Å². The van der Waals surface area contributed by atoms with Gasteiger partial charge in [0.1, 0.15) is 0 Å². The van der Waals surface area contributed by atoms with Gasteiger partial charge in [0.15, 0.2) is 0 Å². The highest BCUT2D eigenvalue weighted by Gasteiger charge is 2.19. The lowest BCUT2D eigenvalue weighted by Crippen LogP contribution is -2.40. The summed E-state index contributed by atoms with van der Waals surface area (Å²) in [6, 6.07) is 0.376. The van der Waals surface area contributed by atoms with Crippen LogP contribution in [0.1, 0.15) is 41.0 Å². The predicted molar refractivity (Wildman–Crippen MR) is 71.0 cm³/mol. The second-order valence-electron chi connectivity index (χ2n) is 5.47. The Morgan fingerprint density at radius 3 is 2.29 bits per heavy atom. The molecule has 0 saturated carbocycles. The first-order valence-electron chi connectivity index (χ1n) is 6.34. The molecule has 0 aromatic rings. The Kier molecular flexibility index (Phi) is 7.39. The molecule has 0 aliphatic rings. The highest BCUT2D eigenvalue weighted by molar-refractivity contribution is 5.77. The van der Waals surface area contributed by atoms with Crippen LogP contribution in [0.25, 0.3) is 0 Å². The van der Waals surface area contributed by atoms with Gasteiger partial charge in [-0.2, -0.15) is 0 Å². The van der Waals surface area contributed by atoms with E-state index in [2.05, 4.69) is 31.4 Å². The fraction of sp³-hybridized carbons (Fsp3) is 0.923. The van der Waals surface area contributed by atoms with Crippen LogP contribution in [0.15, 0.2) is 0 Å². The molecule has 0 aliphatic heterocycles. The normalized spacial score (nSPS) is 13.8. The van der Waals surface area contributed by atoms with E-state index in [1.165, 1.54) is 0 Å². The summed E-state index contributed by atoms with van der Waals surface area (Å²) in [6.07, 6.45) is 0.946. The summed E-state index contributed by atoms with van der Waals surface area (Å²) in [5.41, 5.74) is -0.104. The van der Waals surface area contributed by atoms with Crippen molar-refractivity contribution in [3.63, 3.8) is 0 Å². The number of ether oxygens (including phenoxy) is 1. The van der Waals surface area contributed by atoms with Crippen LogP contribution >= 0.6 is 0 Å². The summed E-state index contributed by atoms with van der Waals surface area (Å²) in [5.74, 6) is 0.163. The van der Waals surface area contributed by atoms with Crippen LogP contribution in [0, 0.1) is 5.92 Å². The molecule has 0 radical (unpaired) electrons. The van der Waals surface area contributed by atoms with Crippen molar-refractivity contribution in [3.8, 4) is 0 Å². The molecule has 0 fully saturated rings. The minimum Gasteiger partial charge on any atom is -0.379 e. The maximum atomic E-state index is 11.3. The Bertz CT molecular complexity index is 227. The van der Waals surface area contributed by atoms with E-state index < -0.39 is 0 Å². The molecule has 1 amide bonds. The Balaban J connectivity index is 3.65. The standard InChI is InChI=1S/C13H28N2O2/c1-10(2)12(16)15-8-7-14-11(3)9-13(4,5)17-6/h10-11,14H,7-9H2,1-6H3,(H,15,16). The molecule has 0 aromatic heterocycles. The molecule has 0 heterocycles. The van der Waals surface area contributed by atoms with Crippen LogP contribution in [-0.2, 0) is 9.53 Å². The molecule has 4 heteroatoms. The number of nitrogens with one attached hydrogen (secondary N) is 2. The van der Waals surface area contributed by atoms with E-state index >= 15 is 0 Å². The zero-order chi connectivity index (χ0) is 13.5. The molecule has 0 aliphatic carbocycles. The summed E-state index contributed by atoms with van der Waals surface area (Å²) in [5, 5.41) is 6.25. The van der Waals surface area contributed by atoms with Gasteiger partial charge in [0.2, 0.25) is 5.91 Å². The van der Waals surface area contributed by atoms with Gasteiger partial charge >= 0.3 is 0 Å². The van der Waals surface area contributed by atoms with Crippen LogP contribution in [0.3, 0.4) is 0 Å². The maximum absolute atomic E-state index is 11.3. The third kappa shape index (κ3) is 8.16. The topological polar surface area (TPSA) is 50.4 Å². The first-order chi connectivity index (χ1) is 7.78. The second kappa shape index (κ2) is 7.67. The van der Waals surface area contributed by atoms with Crippen molar-refractivity contribution in [2.75, 3.05) is 20.2 Å².